The Kier molecular flexibility index (Phi) is 3.85. The van der Waals surface area contributed by atoms with Crippen molar-refractivity contribution in [2.45, 2.75) is 6.92 Å². The minimum absolute atomic E-state index is 0.0260. The first-order chi connectivity index (χ1) is 8.99. The van der Waals surface area contributed by atoms with Crippen LogP contribution in [0.25, 0.3) is 0 Å². The van der Waals surface area contributed by atoms with Crippen LogP contribution in [0.15, 0.2) is 40.9 Å². The number of halogens is 2. The lowest BCUT2D eigenvalue weighted by molar-refractivity contribution is 0.471. The Bertz CT molecular complexity index is 643. The van der Waals surface area contributed by atoms with Gasteiger partial charge in [-0.1, -0.05) is 28.1 Å². The van der Waals surface area contributed by atoms with Crippen LogP contribution in [0.2, 0.25) is 0 Å². The third kappa shape index (κ3) is 2.93. The number of aryl methyl sites for hydroxylation is 1. The highest BCUT2D eigenvalue weighted by Crippen LogP contribution is 2.31. The number of nitrogens with two attached hydrogens (primary N) is 1. The van der Waals surface area contributed by atoms with E-state index in [1.54, 1.807) is 12.1 Å². The van der Waals surface area contributed by atoms with Crippen LogP contribution in [-0.4, -0.2) is 5.84 Å². The molecule has 0 aliphatic rings. The Morgan fingerprint density at radius 2 is 2.00 bits per heavy atom. The Morgan fingerprint density at radius 1 is 1.26 bits per heavy atom. The molecule has 0 fully saturated rings. The second kappa shape index (κ2) is 5.40. The molecule has 19 heavy (non-hydrogen) atoms. The lowest BCUT2D eigenvalue weighted by Crippen LogP contribution is -2.14. The summed E-state index contributed by atoms with van der Waals surface area (Å²) in [7, 11) is 0. The van der Waals surface area contributed by atoms with Crippen LogP contribution < -0.4 is 10.5 Å². The summed E-state index contributed by atoms with van der Waals surface area (Å²) in [5.74, 6) is -0.116. The maximum atomic E-state index is 13.7. The number of nitrogen functional groups attached to an aromatic ring is 1. The molecule has 0 heterocycles. The molecular weight excluding hydrogens is 311 g/mol. The standard InChI is InChI=1S/C14H12BrFN2O/c1-8-5-6-9(15)7-12(8)19-11-4-2-3-10(16)13(11)14(17)18/h2-7H,1H3,(H3,17,18). The molecule has 0 unspecified atom stereocenters. The largest absolute Gasteiger partial charge is 0.456 e. The van der Waals surface area contributed by atoms with Crippen molar-refractivity contribution < 1.29 is 9.13 Å². The monoisotopic (exact) mass is 322 g/mol. The molecule has 2 aromatic rings. The predicted octanol–water partition coefficient (Wildman–Crippen LogP) is 3.97. The molecule has 3 nitrogen and oxygen atoms in total. The molecule has 3 N–H and O–H groups in total. The molecule has 0 bridgehead atoms. The van der Waals surface area contributed by atoms with Crippen LogP contribution >= 0.6 is 15.9 Å². The number of rotatable bonds is 3. The van der Waals surface area contributed by atoms with E-state index in [0.717, 1.165) is 10.0 Å². The number of hydrogen-bond acceptors (Lipinski definition) is 2. The highest BCUT2D eigenvalue weighted by molar-refractivity contribution is 9.10. The normalized spacial score (nSPS) is 10.3. The van der Waals surface area contributed by atoms with Gasteiger partial charge in [-0.05, 0) is 36.8 Å². The van der Waals surface area contributed by atoms with Crippen LogP contribution in [-0.2, 0) is 0 Å². The van der Waals surface area contributed by atoms with E-state index in [1.807, 2.05) is 19.1 Å². The SMILES string of the molecule is Cc1ccc(Br)cc1Oc1cccc(F)c1C(=N)N. The summed E-state index contributed by atoms with van der Waals surface area (Å²) in [5, 5.41) is 7.43. The lowest BCUT2D eigenvalue weighted by atomic mass is 10.1. The molecular formula is C14H12BrFN2O. The maximum Gasteiger partial charge on any atom is 0.141 e. The second-order valence-corrected chi connectivity index (χ2v) is 4.95. The molecule has 5 heteroatoms. The summed E-state index contributed by atoms with van der Waals surface area (Å²) in [6.45, 7) is 1.88. The van der Waals surface area contributed by atoms with Crippen molar-refractivity contribution in [3.8, 4) is 11.5 Å². The molecule has 0 amide bonds. The first kappa shape index (κ1) is 13.5. The molecule has 0 aliphatic carbocycles. The second-order valence-electron chi connectivity index (χ2n) is 4.04. The average Bonchev–Trinajstić information content (AvgIpc) is 2.33. The molecule has 0 saturated heterocycles. The molecule has 0 aliphatic heterocycles. The highest BCUT2D eigenvalue weighted by atomic mass is 79.9. The van der Waals surface area contributed by atoms with Crippen molar-refractivity contribution in [3.63, 3.8) is 0 Å². The van der Waals surface area contributed by atoms with Gasteiger partial charge in [0.2, 0.25) is 0 Å². The van der Waals surface area contributed by atoms with Crippen molar-refractivity contribution in [1.29, 1.82) is 5.41 Å². The molecule has 0 saturated carbocycles. The zero-order valence-corrected chi connectivity index (χ0v) is 11.8. The molecule has 0 aromatic heterocycles. The van der Waals surface area contributed by atoms with E-state index in [0.29, 0.717) is 5.75 Å². The Balaban J connectivity index is 2.46. The van der Waals surface area contributed by atoms with Crippen molar-refractivity contribution in [1.82, 2.24) is 0 Å². The third-order valence-electron chi connectivity index (χ3n) is 2.61. The fourth-order valence-corrected chi connectivity index (χ4v) is 1.99. The van der Waals surface area contributed by atoms with Gasteiger partial charge in [-0.25, -0.2) is 4.39 Å². The first-order valence-electron chi connectivity index (χ1n) is 5.56. The van der Waals surface area contributed by atoms with Crippen molar-refractivity contribution >= 4 is 21.8 Å². The summed E-state index contributed by atoms with van der Waals surface area (Å²) in [6.07, 6.45) is 0. The van der Waals surface area contributed by atoms with E-state index in [1.165, 1.54) is 12.1 Å². The highest BCUT2D eigenvalue weighted by Gasteiger charge is 2.14. The number of nitrogens with one attached hydrogen (secondary N) is 1. The number of hydrogen-bond donors (Lipinski definition) is 2. The van der Waals surface area contributed by atoms with Gasteiger partial charge in [0.15, 0.2) is 0 Å². The fourth-order valence-electron chi connectivity index (χ4n) is 1.65. The van der Waals surface area contributed by atoms with Crippen molar-refractivity contribution in [2.75, 3.05) is 0 Å². The lowest BCUT2D eigenvalue weighted by Gasteiger charge is -2.13. The quantitative estimate of drug-likeness (QED) is 0.663. The number of ether oxygens (including phenoxy) is 1. The van der Waals surface area contributed by atoms with E-state index in [4.69, 9.17) is 15.9 Å². The van der Waals surface area contributed by atoms with Crippen molar-refractivity contribution in [3.05, 3.63) is 57.8 Å². The summed E-state index contributed by atoms with van der Waals surface area (Å²) in [5.41, 5.74) is 6.27. The molecule has 98 valence electrons. The van der Waals surface area contributed by atoms with Gasteiger partial charge in [0, 0.05) is 4.47 Å². The zero-order chi connectivity index (χ0) is 14.0. The van der Waals surface area contributed by atoms with Crippen LogP contribution in [0.1, 0.15) is 11.1 Å². The van der Waals surface area contributed by atoms with Crippen LogP contribution in [0, 0.1) is 18.2 Å². The van der Waals surface area contributed by atoms with E-state index < -0.39 is 5.82 Å². The average molecular weight is 323 g/mol. The molecule has 2 aromatic carbocycles. The van der Waals surface area contributed by atoms with Gasteiger partial charge < -0.3 is 10.5 Å². The predicted molar refractivity (Wildman–Crippen MR) is 76.4 cm³/mol. The number of benzene rings is 2. The van der Waals surface area contributed by atoms with Crippen LogP contribution in [0.3, 0.4) is 0 Å². The molecule has 0 atom stereocenters. The van der Waals surface area contributed by atoms with Gasteiger partial charge >= 0.3 is 0 Å². The zero-order valence-electron chi connectivity index (χ0n) is 10.2. The van der Waals surface area contributed by atoms with Gasteiger partial charge in [0.25, 0.3) is 0 Å². The first-order valence-corrected chi connectivity index (χ1v) is 6.35. The van der Waals surface area contributed by atoms with Gasteiger partial charge in [-0.15, -0.1) is 0 Å². The van der Waals surface area contributed by atoms with Gasteiger partial charge in [-0.3, -0.25) is 5.41 Å². The van der Waals surface area contributed by atoms with E-state index in [9.17, 15) is 4.39 Å². The topological polar surface area (TPSA) is 59.1 Å². The van der Waals surface area contributed by atoms with E-state index in [-0.39, 0.29) is 17.1 Å². The fraction of sp³-hybridized carbons (Fsp3) is 0.0714. The molecule has 2 rings (SSSR count). The maximum absolute atomic E-state index is 13.7. The summed E-state index contributed by atoms with van der Waals surface area (Å²) >= 11 is 3.35. The van der Waals surface area contributed by atoms with E-state index >= 15 is 0 Å². The molecule has 0 radical (unpaired) electrons. The Labute approximate surface area is 118 Å². The van der Waals surface area contributed by atoms with Crippen LogP contribution in [0.5, 0.6) is 11.5 Å². The minimum Gasteiger partial charge on any atom is -0.456 e. The van der Waals surface area contributed by atoms with Gasteiger partial charge in [0.05, 0.1) is 5.56 Å². The van der Waals surface area contributed by atoms with Crippen molar-refractivity contribution in [2.24, 2.45) is 5.73 Å². The van der Waals surface area contributed by atoms with Crippen LogP contribution in [0.4, 0.5) is 4.39 Å². The summed E-state index contributed by atoms with van der Waals surface area (Å²) < 4.78 is 20.2. The Hall–Kier alpha value is -1.88. The smallest absolute Gasteiger partial charge is 0.141 e. The van der Waals surface area contributed by atoms with Gasteiger partial charge in [0.1, 0.15) is 23.2 Å². The third-order valence-corrected chi connectivity index (χ3v) is 3.11. The summed E-state index contributed by atoms with van der Waals surface area (Å²) in [6, 6.07) is 9.90. The van der Waals surface area contributed by atoms with E-state index in [2.05, 4.69) is 15.9 Å². The Morgan fingerprint density at radius 3 is 2.68 bits per heavy atom. The van der Waals surface area contributed by atoms with Gasteiger partial charge in [-0.2, -0.15) is 0 Å². The molecule has 0 spiro atoms. The minimum atomic E-state index is -0.572. The number of amidine groups is 1. The summed E-state index contributed by atoms with van der Waals surface area (Å²) in [4.78, 5) is 0.